The molecule has 4 aromatic heterocycles. The fraction of sp³-hybridized carbons (Fsp3) is 0.0909. The van der Waals surface area contributed by atoms with E-state index < -0.39 is 5.91 Å². The maximum absolute atomic E-state index is 10.9. The standard InChI is InChI=1S/C23H19N7.C10H7NO3/c24-21-18(6-2-11-25-21)22-27-19-9-10-20(29-13-3-12-26-29)28-23(19)30(22)17-8-7-15-4-1-5-16(15)14-17;1-2-6-4-9(13)7(5-12)3-8(6)10(11)14/h2-3,6-14H,1,4-5H2,(H2,24,25);1,3-5,13H,(H2,11,14). The van der Waals surface area contributed by atoms with Gasteiger partial charge in [0.15, 0.2) is 23.6 Å². The van der Waals surface area contributed by atoms with Gasteiger partial charge < -0.3 is 16.6 Å². The summed E-state index contributed by atoms with van der Waals surface area (Å²) < 4.78 is 3.83. The summed E-state index contributed by atoms with van der Waals surface area (Å²) in [5.74, 6) is 3.11. The van der Waals surface area contributed by atoms with E-state index in [0.29, 0.717) is 12.1 Å². The van der Waals surface area contributed by atoms with Gasteiger partial charge in [0.1, 0.15) is 17.1 Å². The Labute approximate surface area is 251 Å². The number of imidazole rings is 1. The number of carbonyl (C=O) groups excluding carboxylic acids is 2. The number of primary amides is 1. The highest BCUT2D eigenvalue weighted by Gasteiger charge is 2.20. The van der Waals surface area contributed by atoms with Crippen LogP contribution in [0.3, 0.4) is 0 Å². The molecule has 216 valence electrons. The minimum Gasteiger partial charge on any atom is -0.507 e. The molecule has 0 atom stereocenters. The quantitative estimate of drug-likeness (QED) is 0.202. The van der Waals surface area contributed by atoms with E-state index in [4.69, 9.17) is 27.9 Å². The number of hydrogen-bond acceptors (Lipinski definition) is 8. The van der Waals surface area contributed by atoms with Crippen LogP contribution in [0.4, 0.5) is 5.82 Å². The number of nitrogens with two attached hydrogens (primary N) is 2. The summed E-state index contributed by atoms with van der Waals surface area (Å²) >= 11 is 0. The molecule has 0 saturated heterocycles. The van der Waals surface area contributed by atoms with Gasteiger partial charge in [-0.2, -0.15) is 5.10 Å². The van der Waals surface area contributed by atoms with E-state index in [1.807, 2.05) is 36.5 Å². The van der Waals surface area contributed by atoms with Crippen molar-refractivity contribution in [3.63, 3.8) is 0 Å². The average molecular weight is 583 g/mol. The number of carbonyl (C=O) groups is 2. The molecule has 44 heavy (non-hydrogen) atoms. The van der Waals surface area contributed by atoms with Crippen LogP contribution in [0, 0.1) is 12.3 Å². The molecule has 0 bridgehead atoms. The molecule has 0 saturated carbocycles. The number of amides is 1. The Morgan fingerprint density at radius 2 is 1.86 bits per heavy atom. The number of anilines is 1. The first-order valence-electron chi connectivity index (χ1n) is 13.7. The van der Waals surface area contributed by atoms with E-state index in [1.54, 1.807) is 17.1 Å². The Hall–Kier alpha value is -6.28. The van der Waals surface area contributed by atoms with Gasteiger partial charge in [-0.25, -0.2) is 19.6 Å². The number of aldehydes is 1. The van der Waals surface area contributed by atoms with Crippen LogP contribution in [0.2, 0.25) is 0 Å². The normalized spacial score (nSPS) is 11.8. The SMILES string of the molecule is C#Cc1cc(O)c(C=O)cc1C(N)=O.Nc1ncccc1-c1nc2ccc(-n3cccn3)nc2n1-c1ccc2c(c1)CCC2. The molecule has 7 rings (SSSR count). The zero-order chi connectivity index (χ0) is 30.8. The molecule has 11 heteroatoms. The Kier molecular flexibility index (Phi) is 7.31. The fourth-order valence-corrected chi connectivity index (χ4v) is 5.23. The third-order valence-corrected chi connectivity index (χ3v) is 7.36. The largest absolute Gasteiger partial charge is 0.507 e. The number of fused-ring (bicyclic) bond motifs is 2. The van der Waals surface area contributed by atoms with Crippen molar-refractivity contribution in [3.05, 3.63) is 107 Å². The predicted molar refractivity (Wildman–Crippen MR) is 166 cm³/mol. The van der Waals surface area contributed by atoms with E-state index in [-0.39, 0.29) is 22.4 Å². The van der Waals surface area contributed by atoms with E-state index >= 15 is 0 Å². The van der Waals surface area contributed by atoms with Crippen LogP contribution in [0.15, 0.2) is 79.3 Å². The molecule has 1 amide bonds. The molecule has 5 N–H and O–H groups in total. The summed E-state index contributed by atoms with van der Waals surface area (Å²) in [5.41, 5.74) is 17.6. The summed E-state index contributed by atoms with van der Waals surface area (Å²) in [7, 11) is 0. The minimum atomic E-state index is -0.735. The molecule has 0 spiro atoms. The van der Waals surface area contributed by atoms with Crippen molar-refractivity contribution in [1.82, 2.24) is 29.3 Å². The van der Waals surface area contributed by atoms with Gasteiger partial charge in [0, 0.05) is 29.8 Å². The summed E-state index contributed by atoms with van der Waals surface area (Å²) in [4.78, 5) is 35.4. The summed E-state index contributed by atoms with van der Waals surface area (Å²) in [5, 5.41) is 13.6. The Morgan fingerprint density at radius 3 is 2.59 bits per heavy atom. The number of phenols is 1. The second-order valence-corrected chi connectivity index (χ2v) is 10.1. The number of pyridine rings is 2. The smallest absolute Gasteiger partial charge is 0.249 e. The molecule has 6 aromatic rings. The molecule has 1 aliphatic carbocycles. The van der Waals surface area contributed by atoms with Crippen LogP contribution in [0.25, 0.3) is 34.1 Å². The predicted octanol–water partition coefficient (Wildman–Crippen LogP) is 4.02. The third-order valence-electron chi connectivity index (χ3n) is 7.36. The number of aryl methyl sites for hydroxylation is 2. The lowest BCUT2D eigenvalue weighted by Crippen LogP contribution is -2.13. The molecule has 0 aliphatic heterocycles. The number of phenolic OH excluding ortho intramolecular Hbond substituents is 1. The third kappa shape index (κ3) is 5.12. The minimum absolute atomic E-state index is 0.0159. The molecular formula is C33H26N8O3. The van der Waals surface area contributed by atoms with Crippen LogP contribution >= 0.6 is 0 Å². The van der Waals surface area contributed by atoms with Gasteiger partial charge in [0.05, 0.1) is 16.7 Å². The van der Waals surface area contributed by atoms with E-state index in [9.17, 15) is 14.7 Å². The van der Waals surface area contributed by atoms with Crippen LogP contribution in [-0.2, 0) is 12.8 Å². The van der Waals surface area contributed by atoms with Crippen molar-refractivity contribution in [2.75, 3.05) is 5.73 Å². The molecule has 2 aromatic carbocycles. The lowest BCUT2D eigenvalue weighted by atomic mass is 10.0. The molecule has 0 unspecified atom stereocenters. The van der Waals surface area contributed by atoms with Crippen molar-refractivity contribution in [1.29, 1.82) is 0 Å². The van der Waals surface area contributed by atoms with Crippen molar-refractivity contribution in [2.45, 2.75) is 19.3 Å². The van der Waals surface area contributed by atoms with E-state index in [1.165, 1.54) is 23.6 Å². The van der Waals surface area contributed by atoms with Crippen molar-refractivity contribution < 1.29 is 14.7 Å². The second kappa shape index (κ2) is 11.5. The molecule has 0 radical (unpaired) electrons. The van der Waals surface area contributed by atoms with Crippen LogP contribution < -0.4 is 11.5 Å². The van der Waals surface area contributed by atoms with Crippen LogP contribution in [0.1, 0.15) is 43.8 Å². The highest BCUT2D eigenvalue weighted by molar-refractivity contribution is 5.98. The molecule has 4 heterocycles. The van der Waals surface area contributed by atoms with E-state index in [0.717, 1.165) is 53.0 Å². The second-order valence-electron chi connectivity index (χ2n) is 10.1. The fourth-order valence-electron chi connectivity index (χ4n) is 5.23. The summed E-state index contributed by atoms with van der Waals surface area (Å²) in [6.45, 7) is 0. The highest BCUT2D eigenvalue weighted by atomic mass is 16.3. The Morgan fingerprint density at radius 1 is 1.02 bits per heavy atom. The van der Waals surface area contributed by atoms with E-state index in [2.05, 4.69) is 38.8 Å². The molecular weight excluding hydrogens is 556 g/mol. The lowest BCUT2D eigenvalue weighted by molar-refractivity contribution is 0.1000. The van der Waals surface area contributed by atoms with Crippen molar-refractivity contribution in [2.24, 2.45) is 5.73 Å². The first-order chi connectivity index (χ1) is 21.4. The topological polar surface area (TPSA) is 168 Å². The van der Waals surface area contributed by atoms with Crippen LogP contribution in [-0.4, -0.2) is 46.6 Å². The maximum Gasteiger partial charge on any atom is 0.249 e. The van der Waals surface area contributed by atoms with Gasteiger partial charge in [-0.15, -0.1) is 6.42 Å². The number of aromatic nitrogens is 6. The van der Waals surface area contributed by atoms with Gasteiger partial charge in [-0.1, -0.05) is 12.0 Å². The summed E-state index contributed by atoms with van der Waals surface area (Å²) in [6.07, 6.45) is 14.3. The number of nitrogen functional groups attached to an aromatic ring is 1. The number of rotatable bonds is 5. The number of aromatic hydroxyl groups is 1. The number of hydrogen-bond donors (Lipinski definition) is 3. The first kappa shape index (κ1) is 27.9. The van der Waals surface area contributed by atoms with Gasteiger partial charge in [0.25, 0.3) is 0 Å². The number of terminal acetylenes is 1. The van der Waals surface area contributed by atoms with Gasteiger partial charge in [-0.05, 0) is 85.0 Å². The van der Waals surface area contributed by atoms with Crippen molar-refractivity contribution in [3.8, 4) is 41.0 Å². The average Bonchev–Trinajstić information content (AvgIpc) is 3.81. The van der Waals surface area contributed by atoms with Gasteiger partial charge in [0.2, 0.25) is 5.91 Å². The summed E-state index contributed by atoms with van der Waals surface area (Å²) in [6, 6.07) is 18.5. The maximum atomic E-state index is 10.9. The first-order valence-corrected chi connectivity index (χ1v) is 13.7. The van der Waals surface area contributed by atoms with Gasteiger partial charge >= 0.3 is 0 Å². The monoisotopic (exact) mass is 582 g/mol. The molecule has 11 nitrogen and oxygen atoms in total. The van der Waals surface area contributed by atoms with Crippen LogP contribution in [0.5, 0.6) is 5.75 Å². The number of benzene rings is 2. The molecule has 1 aliphatic rings. The van der Waals surface area contributed by atoms with Crippen molar-refractivity contribution >= 4 is 29.2 Å². The molecule has 0 fully saturated rings. The Balaban J connectivity index is 0.000000208. The van der Waals surface area contributed by atoms with Gasteiger partial charge in [-0.3, -0.25) is 14.2 Å². The highest BCUT2D eigenvalue weighted by Crippen LogP contribution is 2.33. The lowest BCUT2D eigenvalue weighted by Gasteiger charge is -2.12. The zero-order valence-corrected chi connectivity index (χ0v) is 23.4. The zero-order valence-electron chi connectivity index (χ0n) is 23.4. The Bertz CT molecular complexity index is 2090. The number of nitrogens with zero attached hydrogens (tertiary/aromatic N) is 6.